The van der Waals surface area contributed by atoms with Crippen molar-refractivity contribution in [1.29, 1.82) is 0 Å². The van der Waals surface area contributed by atoms with Crippen molar-refractivity contribution >= 4 is 34.0 Å². The molecule has 36 heavy (non-hydrogen) atoms. The summed E-state index contributed by atoms with van der Waals surface area (Å²) in [7, 11) is 1.63. The topological polar surface area (TPSA) is 97.0 Å². The number of benzene rings is 4. The average molecular weight is 479 g/mol. The third-order valence-corrected chi connectivity index (χ3v) is 6.36. The summed E-state index contributed by atoms with van der Waals surface area (Å²) in [5.41, 5.74) is 9.27. The Kier molecular flexibility index (Phi) is 6.36. The van der Waals surface area contributed by atoms with Crippen LogP contribution in [0, 0.1) is 0 Å². The van der Waals surface area contributed by atoms with E-state index in [1.54, 1.807) is 36.4 Å². The molecule has 1 aliphatic rings. The summed E-state index contributed by atoms with van der Waals surface area (Å²) in [6, 6.07) is 28.6. The lowest BCUT2D eigenvalue weighted by atomic mass is 9.97. The van der Waals surface area contributed by atoms with Crippen molar-refractivity contribution in [2.24, 2.45) is 10.8 Å². The quantitative estimate of drug-likeness (QED) is 0.401. The van der Waals surface area contributed by atoms with Crippen molar-refractivity contribution in [2.45, 2.75) is 12.5 Å². The van der Waals surface area contributed by atoms with Gasteiger partial charge in [0.2, 0.25) is 5.91 Å². The molecule has 0 aromatic heterocycles. The van der Waals surface area contributed by atoms with E-state index < -0.39 is 5.91 Å². The number of ether oxygens (including phenoxy) is 1. The smallest absolute Gasteiger partial charge is 0.262 e. The van der Waals surface area contributed by atoms with Gasteiger partial charge in [-0.3, -0.25) is 9.59 Å². The number of anilines is 1. The number of hydrazone groups is 1. The van der Waals surface area contributed by atoms with Gasteiger partial charge in [-0.1, -0.05) is 48.5 Å². The molecule has 0 saturated heterocycles. The number of methoxy groups -OCH3 is 1. The van der Waals surface area contributed by atoms with Crippen LogP contribution in [0.15, 0.2) is 96.1 Å². The number of nitrogens with zero attached hydrogens (tertiary/aromatic N) is 2. The first-order chi connectivity index (χ1) is 17.5. The van der Waals surface area contributed by atoms with Crippen LogP contribution in [-0.2, 0) is 4.79 Å². The molecule has 1 heterocycles. The van der Waals surface area contributed by atoms with Gasteiger partial charge in [0, 0.05) is 17.7 Å². The van der Waals surface area contributed by atoms with Gasteiger partial charge in [-0.05, 0) is 64.4 Å². The highest BCUT2D eigenvalue weighted by atomic mass is 16.5. The van der Waals surface area contributed by atoms with E-state index in [2.05, 4.69) is 35.6 Å². The van der Waals surface area contributed by atoms with Gasteiger partial charge in [-0.25, -0.2) is 5.01 Å². The molecule has 4 aromatic carbocycles. The second-order valence-corrected chi connectivity index (χ2v) is 8.64. The Morgan fingerprint density at radius 2 is 1.69 bits per heavy atom. The summed E-state index contributed by atoms with van der Waals surface area (Å²) < 4.78 is 5.30. The largest absolute Gasteiger partial charge is 0.497 e. The Morgan fingerprint density at radius 3 is 2.39 bits per heavy atom. The second-order valence-electron chi connectivity index (χ2n) is 8.64. The highest BCUT2D eigenvalue weighted by Gasteiger charge is 2.33. The number of hydrogen-bond donors (Lipinski definition) is 2. The molecular formula is C29H26N4O3. The summed E-state index contributed by atoms with van der Waals surface area (Å²) in [4.78, 5) is 24.6. The lowest BCUT2D eigenvalue weighted by Gasteiger charge is -2.22. The lowest BCUT2D eigenvalue weighted by Crippen LogP contribution is -2.32. The zero-order chi connectivity index (χ0) is 25.1. The fourth-order valence-corrected chi connectivity index (χ4v) is 4.38. The van der Waals surface area contributed by atoms with Crippen molar-refractivity contribution in [1.82, 2.24) is 5.01 Å². The Labute approximate surface area is 209 Å². The highest BCUT2D eigenvalue weighted by molar-refractivity contribution is 6.05. The number of carbonyl (C=O) groups is 2. The number of carbonyl (C=O) groups excluding carboxylic acids is 2. The minimum atomic E-state index is -0.493. The number of nitrogens with two attached hydrogens (primary N) is 1. The van der Waals surface area contributed by atoms with Crippen LogP contribution in [0.3, 0.4) is 0 Å². The van der Waals surface area contributed by atoms with E-state index >= 15 is 0 Å². The lowest BCUT2D eigenvalue weighted by molar-refractivity contribution is -0.131. The van der Waals surface area contributed by atoms with Crippen LogP contribution in [0.2, 0.25) is 0 Å². The summed E-state index contributed by atoms with van der Waals surface area (Å²) in [6.07, 6.45) is 0.601. The number of primary amides is 1. The monoisotopic (exact) mass is 478 g/mol. The SMILES string of the molecule is COc1ccc(C2CC(c3ccc4ccccc4c3)=NN2C(=O)CNc2ccc(C(N)=O)cc2)cc1. The minimum absolute atomic E-state index is 0.0527. The average Bonchev–Trinajstić information content (AvgIpc) is 3.37. The maximum atomic E-state index is 13.3. The molecule has 4 aromatic rings. The molecule has 0 fully saturated rings. The molecule has 0 spiro atoms. The first kappa shape index (κ1) is 23.1. The van der Waals surface area contributed by atoms with E-state index in [9.17, 15) is 9.59 Å². The molecule has 1 unspecified atom stereocenters. The zero-order valence-electron chi connectivity index (χ0n) is 19.8. The molecule has 0 aliphatic carbocycles. The van der Waals surface area contributed by atoms with E-state index in [-0.39, 0.29) is 18.5 Å². The third-order valence-electron chi connectivity index (χ3n) is 6.36. The number of fused-ring (bicyclic) bond motifs is 1. The zero-order valence-corrected chi connectivity index (χ0v) is 19.8. The molecule has 0 saturated carbocycles. The molecule has 3 N–H and O–H groups in total. The van der Waals surface area contributed by atoms with Gasteiger partial charge in [0.05, 0.1) is 25.4 Å². The van der Waals surface area contributed by atoms with E-state index in [0.717, 1.165) is 33.4 Å². The summed E-state index contributed by atoms with van der Waals surface area (Å²) in [5.74, 6) is 0.101. The molecule has 1 aliphatic heterocycles. The first-order valence-corrected chi connectivity index (χ1v) is 11.7. The molecule has 2 amide bonds. The van der Waals surface area contributed by atoms with Gasteiger partial charge in [-0.15, -0.1) is 0 Å². The Morgan fingerprint density at radius 1 is 0.972 bits per heavy atom. The van der Waals surface area contributed by atoms with Crippen LogP contribution in [0.1, 0.15) is 33.9 Å². The van der Waals surface area contributed by atoms with Crippen LogP contribution in [0.25, 0.3) is 10.8 Å². The molecule has 0 radical (unpaired) electrons. The minimum Gasteiger partial charge on any atom is -0.497 e. The van der Waals surface area contributed by atoms with Crippen molar-refractivity contribution in [3.8, 4) is 5.75 Å². The maximum Gasteiger partial charge on any atom is 0.262 e. The van der Waals surface area contributed by atoms with Crippen LogP contribution < -0.4 is 15.8 Å². The standard InChI is InChI=1S/C29H26N4O3/c1-36-25-14-10-20(11-15-25)27-17-26(23-7-6-19-4-2-3-5-22(19)16-23)32-33(27)28(34)18-31-24-12-8-21(9-13-24)29(30)35/h2-16,27,31H,17-18H2,1H3,(H2,30,35). The number of amides is 2. The second kappa shape index (κ2) is 9.92. The van der Waals surface area contributed by atoms with E-state index in [4.69, 9.17) is 15.6 Å². The summed E-state index contributed by atoms with van der Waals surface area (Å²) >= 11 is 0. The number of rotatable bonds is 7. The van der Waals surface area contributed by atoms with Crippen molar-refractivity contribution in [3.05, 3.63) is 108 Å². The van der Waals surface area contributed by atoms with Gasteiger partial charge < -0.3 is 15.8 Å². The van der Waals surface area contributed by atoms with Crippen LogP contribution >= 0.6 is 0 Å². The van der Waals surface area contributed by atoms with Gasteiger partial charge in [-0.2, -0.15) is 5.10 Å². The predicted octanol–water partition coefficient (Wildman–Crippen LogP) is 4.74. The van der Waals surface area contributed by atoms with Crippen LogP contribution in [0.5, 0.6) is 5.75 Å². The molecule has 0 bridgehead atoms. The van der Waals surface area contributed by atoms with Gasteiger partial charge in [0.25, 0.3) is 5.91 Å². The molecule has 180 valence electrons. The number of hydrogen-bond acceptors (Lipinski definition) is 5. The van der Waals surface area contributed by atoms with Crippen LogP contribution in [0.4, 0.5) is 5.69 Å². The van der Waals surface area contributed by atoms with Crippen molar-refractivity contribution < 1.29 is 14.3 Å². The molecule has 1 atom stereocenters. The van der Waals surface area contributed by atoms with Gasteiger partial charge in [0.1, 0.15) is 5.75 Å². The fraction of sp³-hybridized carbons (Fsp3) is 0.138. The first-order valence-electron chi connectivity index (χ1n) is 11.7. The van der Waals surface area contributed by atoms with Crippen molar-refractivity contribution in [3.63, 3.8) is 0 Å². The summed E-state index contributed by atoms with van der Waals surface area (Å²) in [5, 5.41) is 11.8. The molecule has 7 nitrogen and oxygen atoms in total. The van der Waals surface area contributed by atoms with E-state index in [0.29, 0.717) is 17.7 Å². The van der Waals surface area contributed by atoms with E-state index in [1.807, 2.05) is 36.4 Å². The maximum absolute atomic E-state index is 13.3. The molecule has 5 rings (SSSR count). The third kappa shape index (κ3) is 4.77. The Balaban J connectivity index is 1.40. The fourth-order valence-electron chi connectivity index (χ4n) is 4.38. The Bertz CT molecular complexity index is 1450. The molecular weight excluding hydrogens is 452 g/mol. The summed E-state index contributed by atoms with van der Waals surface area (Å²) in [6.45, 7) is 0.0527. The van der Waals surface area contributed by atoms with Gasteiger partial charge >= 0.3 is 0 Å². The normalized spacial score (nSPS) is 15.0. The van der Waals surface area contributed by atoms with Gasteiger partial charge in [0.15, 0.2) is 0 Å². The van der Waals surface area contributed by atoms with Crippen LogP contribution in [-0.4, -0.2) is 36.2 Å². The highest BCUT2D eigenvalue weighted by Crippen LogP contribution is 2.34. The predicted molar refractivity (Wildman–Crippen MR) is 141 cm³/mol. The van der Waals surface area contributed by atoms with E-state index in [1.165, 1.54) is 0 Å². The van der Waals surface area contributed by atoms with Crippen molar-refractivity contribution in [2.75, 3.05) is 19.0 Å². The number of nitrogens with one attached hydrogen (secondary N) is 1. The molecule has 7 heteroatoms. The Hall–Kier alpha value is -4.65.